The third kappa shape index (κ3) is 6.55. The van der Waals surface area contributed by atoms with E-state index in [9.17, 15) is 14.0 Å². The lowest BCUT2D eigenvalue weighted by molar-refractivity contribution is -0.119. The molecule has 1 heterocycles. The molecule has 0 saturated carbocycles. The van der Waals surface area contributed by atoms with Gasteiger partial charge in [0.25, 0.3) is 5.91 Å². The van der Waals surface area contributed by atoms with Crippen molar-refractivity contribution in [1.29, 1.82) is 0 Å². The van der Waals surface area contributed by atoms with Crippen molar-refractivity contribution < 1.29 is 14.0 Å². The Kier molecular flexibility index (Phi) is 8.21. The van der Waals surface area contributed by atoms with Gasteiger partial charge < -0.3 is 15.6 Å². The lowest BCUT2D eigenvalue weighted by Gasteiger charge is -2.15. The van der Waals surface area contributed by atoms with Gasteiger partial charge in [0.15, 0.2) is 0 Å². The highest BCUT2D eigenvalue weighted by molar-refractivity contribution is 7.98. The second-order valence-corrected chi connectivity index (χ2v) is 8.23. The van der Waals surface area contributed by atoms with Gasteiger partial charge in [0.05, 0.1) is 6.33 Å². The monoisotopic (exact) mass is 452 g/mol. The number of carbonyl (C=O) groups is 2. The van der Waals surface area contributed by atoms with Crippen molar-refractivity contribution in [2.45, 2.75) is 19.0 Å². The van der Waals surface area contributed by atoms with Crippen LogP contribution in [0.2, 0.25) is 0 Å². The van der Waals surface area contributed by atoms with Crippen LogP contribution in [0.4, 0.5) is 4.39 Å². The fraction of sp³-hybridized carbons (Fsp3) is 0.208. The third-order valence-electron chi connectivity index (χ3n) is 4.88. The molecule has 166 valence electrons. The zero-order valence-electron chi connectivity index (χ0n) is 17.7. The number of allylic oxidation sites excluding steroid dienone is 1. The summed E-state index contributed by atoms with van der Waals surface area (Å²) in [5, 5.41) is 2.72. The minimum Gasteiger partial charge on any atom is -0.368 e. The number of benzene rings is 2. The van der Waals surface area contributed by atoms with E-state index in [0.29, 0.717) is 24.3 Å². The normalized spacial score (nSPS) is 12.4. The lowest BCUT2D eigenvalue weighted by atomic mass is 10.0. The standard InChI is InChI=1S/C24H25FN4O2S/c1-32-12-9-22(23(26)30)28-24(31)19-4-2-3-17(13-19)14-20(15-29-11-10-27-16-29)18-5-7-21(25)8-6-18/h2-8,10-11,13-14,16,22H,9,12,15H2,1H3,(H2,26,30)(H,28,31)/b20-14-/t22-/m0/s1. The molecule has 3 aromatic rings. The van der Waals surface area contributed by atoms with Crippen molar-refractivity contribution in [2.24, 2.45) is 5.73 Å². The average molecular weight is 453 g/mol. The van der Waals surface area contributed by atoms with Crippen LogP contribution in [0.15, 0.2) is 67.3 Å². The Morgan fingerprint density at radius 2 is 2.00 bits per heavy atom. The van der Waals surface area contributed by atoms with Gasteiger partial charge in [0, 0.05) is 24.5 Å². The first kappa shape index (κ1) is 23.3. The summed E-state index contributed by atoms with van der Waals surface area (Å²) in [6, 6.07) is 12.7. The van der Waals surface area contributed by atoms with Crippen molar-refractivity contribution in [3.8, 4) is 0 Å². The molecule has 1 aromatic heterocycles. The van der Waals surface area contributed by atoms with Gasteiger partial charge in [-0.3, -0.25) is 9.59 Å². The van der Waals surface area contributed by atoms with Gasteiger partial charge in [-0.05, 0) is 65.5 Å². The number of nitrogens with zero attached hydrogens (tertiary/aromatic N) is 2. The highest BCUT2D eigenvalue weighted by Gasteiger charge is 2.18. The molecule has 0 aliphatic carbocycles. The van der Waals surface area contributed by atoms with Gasteiger partial charge in [-0.2, -0.15) is 11.8 Å². The number of hydrogen-bond acceptors (Lipinski definition) is 4. The first-order valence-electron chi connectivity index (χ1n) is 10.1. The summed E-state index contributed by atoms with van der Waals surface area (Å²) >= 11 is 1.58. The Hall–Kier alpha value is -3.39. The van der Waals surface area contributed by atoms with Crippen LogP contribution >= 0.6 is 11.8 Å². The van der Waals surface area contributed by atoms with Gasteiger partial charge in [0.2, 0.25) is 5.91 Å². The van der Waals surface area contributed by atoms with Crippen molar-refractivity contribution in [3.63, 3.8) is 0 Å². The molecule has 1 atom stereocenters. The molecule has 0 radical (unpaired) electrons. The van der Waals surface area contributed by atoms with E-state index in [-0.39, 0.29) is 11.7 Å². The number of hydrogen-bond donors (Lipinski definition) is 2. The van der Waals surface area contributed by atoms with Crippen LogP contribution in [0, 0.1) is 5.82 Å². The maximum Gasteiger partial charge on any atom is 0.251 e. The molecule has 0 fully saturated rings. The fourth-order valence-corrected chi connectivity index (χ4v) is 3.67. The summed E-state index contributed by atoms with van der Waals surface area (Å²) in [5.74, 6) is -0.503. The number of amides is 2. The van der Waals surface area contributed by atoms with Crippen LogP contribution in [-0.2, 0) is 11.3 Å². The van der Waals surface area contributed by atoms with Crippen molar-refractivity contribution in [2.75, 3.05) is 12.0 Å². The molecule has 8 heteroatoms. The molecule has 0 saturated heterocycles. The highest BCUT2D eigenvalue weighted by Crippen LogP contribution is 2.21. The Balaban J connectivity index is 1.86. The average Bonchev–Trinajstić information content (AvgIpc) is 3.30. The summed E-state index contributed by atoms with van der Waals surface area (Å²) in [7, 11) is 0. The van der Waals surface area contributed by atoms with Crippen LogP contribution in [-0.4, -0.2) is 39.4 Å². The molecular formula is C24H25FN4O2S. The Morgan fingerprint density at radius 1 is 1.22 bits per heavy atom. The van der Waals surface area contributed by atoms with E-state index in [1.54, 1.807) is 54.6 Å². The molecule has 0 bridgehead atoms. The van der Waals surface area contributed by atoms with Crippen LogP contribution in [0.3, 0.4) is 0 Å². The summed E-state index contributed by atoms with van der Waals surface area (Å²) in [4.78, 5) is 28.5. The van der Waals surface area contributed by atoms with E-state index in [1.165, 1.54) is 12.1 Å². The predicted molar refractivity (Wildman–Crippen MR) is 126 cm³/mol. The summed E-state index contributed by atoms with van der Waals surface area (Å²) < 4.78 is 15.3. The van der Waals surface area contributed by atoms with Crippen LogP contribution in [0.5, 0.6) is 0 Å². The van der Waals surface area contributed by atoms with Crippen LogP contribution in [0.1, 0.15) is 27.9 Å². The lowest BCUT2D eigenvalue weighted by Crippen LogP contribution is -2.44. The summed E-state index contributed by atoms with van der Waals surface area (Å²) in [5.41, 5.74) is 8.45. The predicted octanol–water partition coefficient (Wildman–Crippen LogP) is 3.60. The van der Waals surface area contributed by atoms with Gasteiger partial charge in [-0.25, -0.2) is 9.37 Å². The number of nitrogens with one attached hydrogen (secondary N) is 1. The minimum absolute atomic E-state index is 0.306. The van der Waals surface area contributed by atoms with Crippen LogP contribution in [0.25, 0.3) is 11.6 Å². The number of halogens is 1. The van der Waals surface area contributed by atoms with E-state index in [2.05, 4.69) is 10.3 Å². The molecular weight excluding hydrogens is 427 g/mol. The molecule has 0 unspecified atom stereocenters. The second-order valence-electron chi connectivity index (χ2n) is 7.25. The van der Waals surface area contributed by atoms with Gasteiger partial charge in [0.1, 0.15) is 11.9 Å². The van der Waals surface area contributed by atoms with E-state index in [4.69, 9.17) is 5.73 Å². The van der Waals surface area contributed by atoms with E-state index < -0.39 is 11.9 Å². The number of imidazole rings is 1. The maximum absolute atomic E-state index is 13.4. The summed E-state index contributed by atoms with van der Waals surface area (Å²) in [6.07, 6.45) is 9.60. The van der Waals surface area contributed by atoms with Gasteiger partial charge >= 0.3 is 0 Å². The molecule has 6 nitrogen and oxygen atoms in total. The molecule has 3 rings (SSSR count). The molecule has 0 aliphatic rings. The summed E-state index contributed by atoms with van der Waals surface area (Å²) in [6.45, 7) is 0.528. The van der Waals surface area contributed by atoms with E-state index >= 15 is 0 Å². The minimum atomic E-state index is -0.717. The first-order valence-corrected chi connectivity index (χ1v) is 11.5. The number of carbonyl (C=O) groups excluding carboxylic acids is 2. The largest absolute Gasteiger partial charge is 0.368 e. The van der Waals surface area contributed by atoms with Crippen LogP contribution < -0.4 is 11.1 Å². The highest BCUT2D eigenvalue weighted by atomic mass is 32.2. The molecule has 2 amide bonds. The van der Waals surface area contributed by atoms with Gasteiger partial charge in [-0.1, -0.05) is 24.3 Å². The van der Waals surface area contributed by atoms with Crippen molar-refractivity contribution in [3.05, 3.63) is 89.8 Å². The Labute approximate surface area is 190 Å². The topological polar surface area (TPSA) is 90.0 Å². The molecule has 3 N–H and O–H groups in total. The first-order chi connectivity index (χ1) is 15.5. The maximum atomic E-state index is 13.4. The van der Waals surface area contributed by atoms with Crippen molar-refractivity contribution in [1.82, 2.24) is 14.9 Å². The van der Waals surface area contributed by atoms with Crippen molar-refractivity contribution >= 4 is 35.2 Å². The molecule has 32 heavy (non-hydrogen) atoms. The molecule has 0 aliphatic heterocycles. The number of rotatable bonds is 10. The molecule has 0 spiro atoms. The Morgan fingerprint density at radius 3 is 2.66 bits per heavy atom. The number of nitrogens with two attached hydrogens (primary N) is 1. The second kappa shape index (κ2) is 11.3. The van der Waals surface area contributed by atoms with Gasteiger partial charge in [-0.15, -0.1) is 0 Å². The zero-order chi connectivity index (χ0) is 22.9. The SMILES string of the molecule is CSCC[C@H](NC(=O)c1cccc(/C=C(/Cn2ccnc2)c2ccc(F)cc2)c1)C(N)=O. The van der Waals surface area contributed by atoms with E-state index in [1.807, 2.05) is 29.2 Å². The van der Waals surface area contributed by atoms with E-state index in [0.717, 1.165) is 16.7 Å². The fourth-order valence-electron chi connectivity index (χ4n) is 3.19. The number of thioether (sulfide) groups is 1. The smallest absolute Gasteiger partial charge is 0.251 e. The molecule has 2 aromatic carbocycles. The zero-order valence-corrected chi connectivity index (χ0v) is 18.5. The third-order valence-corrected chi connectivity index (χ3v) is 5.52. The quantitative estimate of drug-likeness (QED) is 0.460. The number of primary amides is 1. The number of aromatic nitrogens is 2. The Bertz CT molecular complexity index is 1080.